The van der Waals surface area contributed by atoms with Crippen molar-refractivity contribution < 1.29 is 9.53 Å². The fourth-order valence-corrected chi connectivity index (χ4v) is 1.29. The number of benzene rings is 1. The Kier molecular flexibility index (Phi) is 4.79. The van der Waals surface area contributed by atoms with Crippen molar-refractivity contribution in [3.8, 4) is 0 Å². The molecule has 1 atom stereocenters. The lowest BCUT2D eigenvalue weighted by molar-refractivity contribution is -0.120. The smallest absolute Gasteiger partial charge is 0.224 e. The molecule has 1 rings (SSSR count). The summed E-state index contributed by atoms with van der Waals surface area (Å²) in [4.78, 5) is 11.5. The highest BCUT2D eigenvalue weighted by Crippen LogP contribution is 2.06. The largest absolute Gasteiger partial charge is 0.399 e. The van der Waals surface area contributed by atoms with E-state index in [9.17, 15) is 4.79 Å². The van der Waals surface area contributed by atoms with Crippen molar-refractivity contribution in [3.63, 3.8) is 0 Å². The maximum absolute atomic E-state index is 11.5. The minimum Gasteiger partial charge on any atom is -0.399 e. The molecular weight excluding hydrogens is 204 g/mol. The lowest BCUT2D eigenvalue weighted by Crippen LogP contribution is -2.32. The third-order valence-electron chi connectivity index (χ3n) is 2.30. The van der Waals surface area contributed by atoms with E-state index in [-0.39, 0.29) is 12.0 Å². The first-order valence-corrected chi connectivity index (χ1v) is 5.25. The van der Waals surface area contributed by atoms with Crippen molar-refractivity contribution in [2.24, 2.45) is 0 Å². The van der Waals surface area contributed by atoms with Gasteiger partial charge in [-0.15, -0.1) is 0 Å². The average molecular weight is 222 g/mol. The van der Waals surface area contributed by atoms with Crippen molar-refractivity contribution in [2.75, 3.05) is 19.4 Å². The number of anilines is 1. The van der Waals surface area contributed by atoms with Gasteiger partial charge in [0.15, 0.2) is 0 Å². The highest BCUT2D eigenvalue weighted by molar-refractivity contribution is 5.78. The van der Waals surface area contributed by atoms with Crippen LogP contribution in [0.2, 0.25) is 0 Å². The number of hydrogen-bond donors (Lipinski definition) is 2. The predicted molar refractivity (Wildman–Crippen MR) is 64.0 cm³/mol. The third kappa shape index (κ3) is 4.31. The molecule has 0 fully saturated rings. The average Bonchev–Trinajstić information content (AvgIpc) is 2.26. The van der Waals surface area contributed by atoms with Crippen molar-refractivity contribution in [3.05, 3.63) is 29.8 Å². The van der Waals surface area contributed by atoms with Gasteiger partial charge in [0.25, 0.3) is 0 Å². The molecule has 0 heterocycles. The summed E-state index contributed by atoms with van der Waals surface area (Å²) in [5.74, 6) is -0.0190. The number of nitrogens with two attached hydrogens (primary N) is 1. The lowest BCUT2D eigenvalue weighted by atomic mass is 10.1. The van der Waals surface area contributed by atoms with Gasteiger partial charge in [-0.05, 0) is 24.6 Å². The van der Waals surface area contributed by atoms with Crippen LogP contribution in [0.15, 0.2) is 24.3 Å². The number of hydrogen-bond acceptors (Lipinski definition) is 3. The Bertz CT molecular complexity index is 353. The predicted octanol–water partition coefficient (Wildman–Crippen LogP) is 0.962. The number of nitrogens with one attached hydrogen (secondary N) is 1. The summed E-state index contributed by atoms with van der Waals surface area (Å²) in [6, 6.07) is 7.33. The fourth-order valence-electron chi connectivity index (χ4n) is 1.29. The minimum atomic E-state index is -0.0190. The molecule has 0 aliphatic heterocycles. The molecule has 0 aliphatic rings. The zero-order valence-electron chi connectivity index (χ0n) is 9.69. The van der Waals surface area contributed by atoms with Gasteiger partial charge in [-0.25, -0.2) is 0 Å². The SMILES string of the molecule is COC(C)CNC(=O)Cc1cccc(N)c1. The molecule has 1 aromatic carbocycles. The van der Waals surface area contributed by atoms with E-state index in [1.807, 2.05) is 19.1 Å². The molecule has 88 valence electrons. The summed E-state index contributed by atoms with van der Waals surface area (Å²) in [6.45, 7) is 2.43. The molecule has 0 aromatic heterocycles. The van der Waals surface area contributed by atoms with E-state index in [0.717, 1.165) is 5.56 Å². The summed E-state index contributed by atoms with van der Waals surface area (Å²) < 4.78 is 5.04. The van der Waals surface area contributed by atoms with Crippen LogP contribution in [0, 0.1) is 0 Å². The van der Waals surface area contributed by atoms with E-state index in [2.05, 4.69) is 5.32 Å². The van der Waals surface area contributed by atoms with Crippen LogP contribution in [0.3, 0.4) is 0 Å². The summed E-state index contributed by atoms with van der Waals surface area (Å²) >= 11 is 0. The van der Waals surface area contributed by atoms with Crippen LogP contribution in [0.25, 0.3) is 0 Å². The maximum Gasteiger partial charge on any atom is 0.224 e. The zero-order chi connectivity index (χ0) is 12.0. The van der Waals surface area contributed by atoms with E-state index in [1.165, 1.54) is 0 Å². The van der Waals surface area contributed by atoms with E-state index in [0.29, 0.717) is 18.7 Å². The van der Waals surface area contributed by atoms with Crippen LogP contribution < -0.4 is 11.1 Å². The number of methoxy groups -OCH3 is 1. The van der Waals surface area contributed by atoms with E-state index in [4.69, 9.17) is 10.5 Å². The molecule has 0 bridgehead atoms. The topological polar surface area (TPSA) is 64.3 Å². The monoisotopic (exact) mass is 222 g/mol. The Hall–Kier alpha value is -1.55. The van der Waals surface area contributed by atoms with Gasteiger partial charge >= 0.3 is 0 Å². The Labute approximate surface area is 95.8 Å². The Morgan fingerprint density at radius 2 is 2.31 bits per heavy atom. The first-order valence-electron chi connectivity index (χ1n) is 5.25. The van der Waals surface area contributed by atoms with Crippen LogP contribution in [0.1, 0.15) is 12.5 Å². The molecule has 0 spiro atoms. The van der Waals surface area contributed by atoms with Gasteiger partial charge < -0.3 is 15.8 Å². The van der Waals surface area contributed by atoms with Crippen LogP contribution in [0.4, 0.5) is 5.69 Å². The van der Waals surface area contributed by atoms with E-state index < -0.39 is 0 Å². The molecule has 1 amide bonds. The highest BCUT2D eigenvalue weighted by Gasteiger charge is 2.05. The zero-order valence-corrected chi connectivity index (χ0v) is 9.69. The third-order valence-corrected chi connectivity index (χ3v) is 2.30. The second-order valence-electron chi connectivity index (χ2n) is 3.77. The number of ether oxygens (including phenoxy) is 1. The molecule has 1 unspecified atom stereocenters. The van der Waals surface area contributed by atoms with Gasteiger partial charge in [0.2, 0.25) is 5.91 Å². The van der Waals surface area contributed by atoms with Gasteiger partial charge in [-0.1, -0.05) is 12.1 Å². The number of carbonyl (C=O) groups excluding carboxylic acids is 1. The molecule has 4 heteroatoms. The van der Waals surface area contributed by atoms with Gasteiger partial charge in [-0.2, -0.15) is 0 Å². The van der Waals surface area contributed by atoms with Crippen molar-refractivity contribution in [1.82, 2.24) is 5.32 Å². The van der Waals surface area contributed by atoms with Crippen molar-refractivity contribution in [2.45, 2.75) is 19.4 Å². The minimum absolute atomic E-state index is 0.0190. The Morgan fingerprint density at radius 1 is 1.56 bits per heavy atom. The van der Waals surface area contributed by atoms with Crippen LogP contribution in [0.5, 0.6) is 0 Å². The van der Waals surface area contributed by atoms with Gasteiger partial charge in [0.1, 0.15) is 0 Å². The number of carbonyl (C=O) groups is 1. The second kappa shape index (κ2) is 6.12. The molecule has 4 nitrogen and oxygen atoms in total. The molecular formula is C12H18N2O2. The Morgan fingerprint density at radius 3 is 2.94 bits per heavy atom. The number of rotatable bonds is 5. The van der Waals surface area contributed by atoms with Gasteiger partial charge in [-0.3, -0.25) is 4.79 Å². The molecule has 3 N–H and O–H groups in total. The first-order chi connectivity index (χ1) is 7.61. The van der Waals surface area contributed by atoms with Crippen LogP contribution >= 0.6 is 0 Å². The molecule has 0 saturated heterocycles. The quantitative estimate of drug-likeness (QED) is 0.729. The van der Waals surface area contributed by atoms with Crippen molar-refractivity contribution in [1.29, 1.82) is 0 Å². The molecule has 0 saturated carbocycles. The van der Waals surface area contributed by atoms with E-state index in [1.54, 1.807) is 19.2 Å². The normalized spacial score (nSPS) is 12.1. The van der Waals surface area contributed by atoms with Crippen LogP contribution in [-0.2, 0) is 16.0 Å². The maximum atomic E-state index is 11.5. The number of nitrogen functional groups attached to an aromatic ring is 1. The van der Waals surface area contributed by atoms with Gasteiger partial charge in [0.05, 0.1) is 12.5 Å². The molecule has 0 aliphatic carbocycles. The molecule has 0 radical (unpaired) electrons. The van der Waals surface area contributed by atoms with Crippen molar-refractivity contribution >= 4 is 11.6 Å². The summed E-state index contributed by atoms with van der Waals surface area (Å²) in [6.07, 6.45) is 0.381. The summed E-state index contributed by atoms with van der Waals surface area (Å²) in [5.41, 5.74) is 7.22. The van der Waals surface area contributed by atoms with E-state index >= 15 is 0 Å². The summed E-state index contributed by atoms with van der Waals surface area (Å²) in [5, 5.41) is 2.80. The number of amides is 1. The molecule has 1 aromatic rings. The fraction of sp³-hybridized carbons (Fsp3) is 0.417. The lowest BCUT2D eigenvalue weighted by Gasteiger charge is -2.10. The molecule has 16 heavy (non-hydrogen) atoms. The summed E-state index contributed by atoms with van der Waals surface area (Å²) in [7, 11) is 1.62. The van der Waals surface area contributed by atoms with Gasteiger partial charge in [0, 0.05) is 19.3 Å². The standard InChI is InChI=1S/C12H18N2O2/c1-9(16-2)8-14-12(15)7-10-4-3-5-11(13)6-10/h3-6,9H,7-8,13H2,1-2H3,(H,14,15). The Balaban J connectivity index is 2.40. The van der Waals surface area contributed by atoms with Crippen LogP contribution in [-0.4, -0.2) is 25.7 Å². The highest BCUT2D eigenvalue weighted by atomic mass is 16.5. The first kappa shape index (κ1) is 12.5. The second-order valence-corrected chi connectivity index (χ2v) is 3.77.